The molecule has 2 aliphatic heterocycles. The van der Waals surface area contributed by atoms with Gasteiger partial charge in [0.2, 0.25) is 0 Å². The second kappa shape index (κ2) is 15.8. The Morgan fingerprint density at radius 3 is 2.48 bits per heavy atom. The maximum atomic E-state index is 13.3. The zero-order valence-corrected chi connectivity index (χ0v) is 27.6. The van der Waals surface area contributed by atoms with Gasteiger partial charge >= 0.3 is 0 Å². The Balaban J connectivity index is 1.26. The smallest absolute Gasteiger partial charge is 0.251 e. The van der Waals surface area contributed by atoms with Gasteiger partial charge in [-0.05, 0) is 105 Å². The molecular formula is C37H49N3O3S. The molecule has 0 aliphatic carbocycles. The summed E-state index contributed by atoms with van der Waals surface area (Å²) in [4.78, 5) is 31.4. The summed E-state index contributed by atoms with van der Waals surface area (Å²) in [5.41, 5.74) is 5.80. The SMILES string of the molecule is CCC(CC(=O)c1ccc(C)o1)c1cc(C(=O)NCCN2CCSCC2)ccc1CCC1CCN(c2ccccc2C)CC1. The van der Waals surface area contributed by atoms with E-state index in [-0.39, 0.29) is 17.6 Å². The number of nitrogens with zero attached hydrogens (tertiary/aromatic N) is 2. The minimum Gasteiger partial charge on any atom is -0.458 e. The van der Waals surface area contributed by atoms with E-state index in [1.165, 1.54) is 41.2 Å². The zero-order chi connectivity index (χ0) is 30.9. The molecular weight excluding hydrogens is 566 g/mol. The lowest BCUT2D eigenvalue weighted by atomic mass is 9.83. The van der Waals surface area contributed by atoms with Crippen molar-refractivity contribution in [3.05, 3.63) is 88.4 Å². The number of rotatable bonds is 13. The molecule has 1 amide bonds. The minimum absolute atomic E-state index is 0.0222. The number of benzene rings is 2. The number of hydrogen-bond donors (Lipinski definition) is 1. The normalized spacial score (nSPS) is 17.0. The maximum Gasteiger partial charge on any atom is 0.251 e. The molecule has 3 aromatic rings. The van der Waals surface area contributed by atoms with Crippen molar-refractivity contribution in [2.24, 2.45) is 5.92 Å². The van der Waals surface area contributed by atoms with Crippen LogP contribution >= 0.6 is 11.8 Å². The molecule has 0 saturated carbocycles. The third-order valence-electron chi connectivity index (χ3n) is 9.50. The van der Waals surface area contributed by atoms with Crippen molar-refractivity contribution in [2.75, 3.05) is 55.7 Å². The molecule has 1 N–H and O–H groups in total. The molecule has 0 spiro atoms. The molecule has 236 valence electrons. The number of anilines is 1. The summed E-state index contributed by atoms with van der Waals surface area (Å²) in [7, 11) is 0. The minimum atomic E-state index is -0.0319. The molecule has 6 nitrogen and oxygen atoms in total. The van der Waals surface area contributed by atoms with Crippen LogP contribution in [-0.4, -0.2) is 67.4 Å². The molecule has 2 aliphatic rings. The highest BCUT2D eigenvalue weighted by Gasteiger charge is 2.24. The molecule has 2 saturated heterocycles. The standard InChI is InChI=1S/C37H49N3O3S/c1-4-30(26-35(41)36-14-9-28(3)43-36)33-25-32(37(42)38-17-20-39-21-23-44-24-22-39)13-12-31(33)11-10-29-15-18-40(19-16-29)34-8-6-5-7-27(34)2/h5-9,12-14,25,29-30H,4,10-11,15-24,26H2,1-3H3,(H,38,42). The fourth-order valence-electron chi connectivity index (χ4n) is 6.72. The van der Waals surface area contributed by atoms with E-state index in [0.29, 0.717) is 30.2 Å². The number of para-hydroxylation sites is 1. The Morgan fingerprint density at radius 1 is 1.00 bits per heavy atom. The second-order valence-electron chi connectivity index (χ2n) is 12.5. The lowest BCUT2D eigenvalue weighted by Gasteiger charge is -2.34. The number of Topliss-reactive ketones (excluding diaryl/α,β-unsaturated/α-hetero) is 1. The van der Waals surface area contributed by atoms with Crippen molar-refractivity contribution in [3.8, 4) is 0 Å². The molecule has 2 fully saturated rings. The zero-order valence-electron chi connectivity index (χ0n) is 26.8. The van der Waals surface area contributed by atoms with E-state index in [1.807, 2.05) is 30.8 Å². The number of carbonyl (C=O) groups excluding carboxylic acids is 2. The summed E-state index contributed by atoms with van der Waals surface area (Å²) in [6.45, 7) is 12.1. The van der Waals surface area contributed by atoms with Crippen LogP contribution in [0.5, 0.6) is 0 Å². The van der Waals surface area contributed by atoms with E-state index >= 15 is 0 Å². The number of aryl methyl sites for hydroxylation is 3. The third kappa shape index (κ3) is 8.57. The van der Waals surface area contributed by atoms with Crippen molar-refractivity contribution in [2.45, 2.75) is 65.2 Å². The summed E-state index contributed by atoms with van der Waals surface area (Å²) < 4.78 is 5.66. The number of amides is 1. The molecule has 0 radical (unpaired) electrons. The summed E-state index contributed by atoms with van der Waals surface area (Å²) in [5, 5.41) is 3.15. The van der Waals surface area contributed by atoms with E-state index in [9.17, 15) is 9.59 Å². The van der Waals surface area contributed by atoms with Gasteiger partial charge in [-0.2, -0.15) is 11.8 Å². The highest BCUT2D eigenvalue weighted by Crippen LogP contribution is 2.33. The van der Waals surface area contributed by atoms with Crippen molar-refractivity contribution in [1.29, 1.82) is 0 Å². The van der Waals surface area contributed by atoms with Gasteiger partial charge in [0.05, 0.1) is 0 Å². The number of nitrogens with one attached hydrogen (secondary N) is 1. The summed E-state index contributed by atoms with van der Waals surface area (Å²) in [6.07, 6.45) is 5.66. The summed E-state index contributed by atoms with van der Waals surface area (Å²) >= 11 is 2.00. The van der Waals surface area contributed by atoms with Crippen LogP contribution in [0.15, 0.2) is 59.0 Å². The van der Waals surface area contributed by atoms with E-state index in [4.69, 9.17) is 4.42 Å². The number of ketones is 1. The largest absolute Gasteiger partial charge is 0.458 e. The fraction of sp³-hybridized carbons (Fsp3) is 0.514. The maximum absolute atomic E-state index is 13.3. The van der Waals surface area contributed by atoms with Crippen molar-refractivity contribution < 1.29 is 14.0 Å². The highest BCUT2D eigenvalue weighted by molar-refractivity contribution is 7.99. The average Bonchev–Trinajstić information content (AvgIpc) is 3.50. The van der Waals surface area contributed by atoms with Crippen LogP contribution in [0.1, 0.15) is 88.3 Å². The third-order valence-corrected chi connectivity index (χ3v) is 10.4. The van der Waals surface area contributed by atoms with Crippen LogP contribution < -0.4 is 10.2 Å². The second-order valence-corrected chi connectivity index (χ2v) is 13.7. The first-order valence-electron chi connectivity index (χ1n) is 16.5. The molecule has 7 heteroatoms. The number of piperidine rings is 1. The molecule has 2 aromatic carbocycles. The lowest BCUT2D eigenvalue weighted by Crippen LogP contribution is -2.39. The molecule has 44 heavy (non-hydrogen) atoms. The number of thioether (sulfide) groups is 1. The van der Waals surface area contributed by atoms with Gasteiger partial charge in [0.25, 0.3) is 5.91 Å². The Kier molecular flexibility index (Phi) is 11.6. The van der Waals surface area contributed by atoms with Crippen LogP contribution in [0.3, 0.4) is 0 Å². The number of hydrogen-bond acceptors (Lipinski definition) is 6. The Hall–Kier alpha value is -3.03. The molecule has 1 unspecified atom stereocenters. The van der Waals surface area contributed by atoms with Crippen molar-refractivity contribution in [1.82, 2.24) is 10.2 Å². The predicted octanol–water partition coefficient (Wildman–Crippen LogP) is 7.29. The van der Waals surface area contributed by atoms with Gasteiger partial charge in [-0.1, -0.05) is 31.2 Å². The van der Waals surface area contributed by atoms with Gasteiger partial charge in [-0.25, -0.2) is 0 Å². The summed E-state index contributed by atoms with van der Waals surface area (Å²) in [5.74, 6) is 4.20. The lowest BCUT2D eigenvalue weighted by molar-refractivity contribution is 0.0941. The van der Waals surface area contributed by atoms with Gasteiger partial charge in [-0.3, -0.25) is 14.5 Å². The quantitative estimate of drug-likeness (QED) is 0.204. The molecule has 3 heterocycles. The predicted molar refractivity (Wildman–Crippen MR) is 182 cm³/mol. The topological polar surface area (TPSA) is 65.8 Å². The monoisotopic (exact) mass is 615 g/mol. The van der Waals surface area contributed by atoms with E-state index < -0.39 is 0 Å². The van der Waals surface area contributed by atoms with Crippen molar-refractivity contribution >= 4 is 29.1 Å². The van der Waals surface area contributed by atoms with Gasteiger partial charge in [0.15, 0.2) is 11.5 Å². The Bertz CT molecular complexity index is 1390. The van der Waals surface area contributed by atoms with Crippen molar-refractivity contribution in [3.63, 3.8) is 0 Å². The van der Waals surface area contributed by atoms with Gasteiger partial charge < -0.3 is 14.6 Å². The first-order chi connectivity index (χ1) is 21.4. The Morgan fingerprint density at radius 2 is 1.77 bits per heavy atom. The molecule has 0 bridgehead atoms. The highest BCUT2D eigenvalue weighted by atomic mass is 32.2. The van der Waals surface area contributed by atoms with Crippen LogP contribution in [0, 0.1) is 19.8 Å². The van der Waals surface area contributed by atoms with Gasteiger partial charge in [0.1, 0.15) is 5.76 Å². The van der Waals surface area contributed by atoms with Crippen LogP contribution in [0.4, 0.5) is 5.69 Å². The molecule has 1 atom stereocenters. The molecule has 1 aromatic heterocycles. The first kappa shape index (κ1) is 32.4. The number of furan rings is 1. The van der Waals surface area contributed by atoms with Crippen LogP contribution in [0.25, 0.3) is 0 Å². The summed E-state index contributed by atoms with van der Waals surface area (Å²) in [6, 6.07) is 18.5. The van der Waals surface area contributed by atoms with E-state index in [2.05, 4.69) is 65.4 Å². The van der Waals surface area contributed by atoms with E-state index in [1.54, 1.807) is 6.07 Å². The van der Waals surface area contributed by atoms with E-state index in [0.717, 1.165) is 63.3 Å². The van der Waals surface area contributed by atoms with Crippen LogP contribution in [0.2, 0.25) is 0 Å². The average molecular weight is 616 g/mol. The van der Waals surface area contributed by atoms with Gasteiger partial charge in [-0.15, -0.1) is 0 Å². The first-order valence-corrected chi connectivity index (χ1v) is 17.7. The number of carbonyl (C=O) groups is 2. The molecule has 5 rings (SSSR count). The van der Waals surface area contributed by atoms with Crippen LogP contribution in [-0.2, 0) is 6.42 Å². The fourth-order valence-corrected chi connectivity index (χ4v) is 7.70. The van der Waals surface area contributed by atoms with Gasteiger partial charge in [0, 0.05) is 68.4 Å². The Labute approximate surface area is 268 Å².